The quantitative estimate of drug-likeness (QED) is 0.273. The summed E-state index contributed by atoms with van der Waals surface area (Å²) < 4.78 is 108. The molecule has 0 saturated carbocycles. The van der Waals surface area contributed by atoms with Gasteiger partial charge in [-0.1, -0.05) is 41.4 Å². The minimum absolute atomic E-state index is 0.0303. The molecule has 0 spiro atoms. The molecule has 214 valence electrons. The maximum absolute atomic E-state index is 14.8. The molecule has 0 aliphatic carbocycles. The summed E-state index contributed by atoms with van der Waals surface area (Å²) in [5.74, 6) is -4.60. The zero-order valence-electron chi connectivity index (χ0n) is 20.6. The third-order valence-electron chi connectivity index (χ3n) is 6.82. The van der Waals surface area contributed by atoms with E-state index in [1.807, 2.05) is 0 Å². The summed E-state index contributed by atoms with van der Waals surface area (Å²) in [4.78, 5) is 16.1. The number of halogens is 10. The number of hydrogen-bond acceptors (Lipinski definition) is 2. The third-order valence-corrected chi connectivity index (χ3v) is 7.56. The average Bonchev–Trinajstić information content (AvgIpc) is 3.30. The Kier molecular flexibility index (Phi) is 8.40. The van der Waals surface area contributed by atoms with E-state index in [2.05, 4.69) is 0 Å². The number of benzene rings is 3. The van der Waals surface area contributed by atoms with Crippen LogP contribution in [0.1, 0.15) is 38.5 Å². The summed E-state index contributed by atoms with van der Waals surface area (Å²) in [6, 6.07) is 9.15. The van der Waals surface area contributed by atoms with Crippen LogP contribution in [0.4, 0.5) is 35.1 Å². The SMILES string of the molecule is CN(Cc1ccc(C(F)(F)F)c(F)c1)C1CN(C(=O)c2cccc(C(F)(F)F)c2F)CC1c1ccc(Cl)c(Cl)c1. The molecule has 1 heterocycles. The molecule has 40 heavy (non-hydrogen) atoms. The fourth-order valence-electron chi connectivity index (χ4n) is 4.85. The molecule has 0 N–H and O–H groups in total. The minimum atomic E-state index is -5.01. The molecule has 1 aliphatic heterocycles. The maximum atomic E-state index is 14.8. The van der Waals surface area contributed by atoms with Crippen molar-refractivity contribution in [2.24, 2.45) is 0 Å². The first-order valence-electron chi connectivity index (χ1n) is 11.7. The number of carbonyl (C=O) groups excluding carboxylic acids is 1. The van der Waals surface area contributed by atoms with Gasteiger partial charge in [0.2, 0.25) is 0 Å². The first-order valence-corrected chi connectivity index (χ1v) is 12.5. The van der Waals surface area contributed by atoms with Gasteiger partial charge in [0.25, 0.3) is 5.91 Å². The van der Waals surface area contributed by atoms with Crippen LogP contribution in [0.25, 0.3) is 0 Å². The van der Waals surface area contributed by atoms with E-state index in [0.29, 0.717) is 17.7 Å². The highest BCUT2D eigenvalue weighted by Gasteiger charge is 2.41. The van der Waals surface area contributed by atoms with Crippen LogP contribution >= 0.6 is 23.2 Å². The van der Waals surface area contributed by atoms with Gasteiger partial charge < -0.3 is 4.90 Å². The summed E-state index contributed by atoms with van der Waals surface area (Å²) in [6.45, 7) is -0.139. The van der Waals surface area contributed by atoms with Gasteiger partial charge in [0.1, 0.15) is 11.6 Å². The number of hydrogen-bond donors (Lipinski definition) is 0. The molecule has 1 aliphatic rings. The summed E-state index contributed by atoms with van der Waals surface area (Å²) in [7, 11) is 1.60. The molecule has 2 unspecified atom stereocenters. The lowest BCUT2D eigenvalue weighted by molar-refractivity contribution is -0.140. The van der Waals surface area contributed by atoms with Crippen molar-refractivity contribution in [1.82, 2.24) is 9.80 Å². The molecule has 3 aromatic rings. The highest BCUT2D eigenvalue weighted by molar-refractivity contribution is 6.42. The molecule has 4 rings (SSSR count). The number of nitrogens with zero attached hydrogens (tertiary/aromatic N) is 2. The van der Waals surface area contributed by atoms with E-state index in [4.69, 9.17) is 23.2 Å². The first-order chi connectivity index (χ1) is 18.6. The molecule has 1 amide bonds. The molecule has 1 saturated heterocycles. The molecule has 1 fully saturated rings. The van der Waals surface area contributed by atoms with Gasteiger partial charge in [-0.3, -0.25) is 9.69 Å². The Balaban J connectivity index is 1.65. The van der Waals surface area contributed by atoms with Crippen molar-refractivity contribution >= 4 is 29.1 Å². The molecule has 2 atom stereocenters. The van der Waals surface area contributed by atoms with Gasteiger partial charge in [-0.2, -0.15) is 26.3 Å². The van der Waals surface area contributed by atoms with Gasteiger partial charge in [0.05, 0.1) is 26.7 Å². The van der Waals surface area contributed by atoms with Crippen LogP contribution in [0, 0.1) is 11.6 Å². The molecule has 3 aromatic carbocycles. The Morgan fingerprint density at radius 2 is 1.57 bits per heavy atom. The minimum Gasteiger partial charge on any atom is -0.336 e. The van der Waals surface area contributed by atoms with Gasteiger partial charge in [-0.15, -0.1) is 0 Å². The summed E-state index contributed by atoms with van der Waals surface area (Å²) in [5.41, 5.74) is -2.90. The Labute approximate surface area is 233 Å². The third kappa shape index (κ3) is 6.21. The van der Waals surface area contributed by atoms with E-state index in [9.17, 15) is 39.9 Å². The predicted octanol–water partition coefficient (Wildman–Crippen LogP) is 8.05. The van der Waals surface area contributed by atoms with Crippen molar-refractivity contribution in [2.45, 2.75) is 30.9 Å². The zero-order chi connectivity index (χ0) is 29.6. The van der Waals surface area contributed by atoms with Crippen molar-refractivity contribution in [1.29, 1.82) is 0 Å². The van der Waals surface area contributed by atoms with Gasteiger partial charge in [-0.05, 0) is 54.6 Å². The van der Waals surface area contributed by atoms with E-state index < -0.39 is 58.5 Å². The number of carbonyl (C=O) groups is 1. The molecule has 3 nitrogen and oxygen atoms in total. The fraction of sp³-hybridized carbons (Fsp3) is 0.296. The van der Waals surface area contributed by atoms with Crippen LogP contribution in [0.5, 0.6) is 0 Å². The normalized spacial score (nSPS) is 18.1. The van der Waals surface area contributed by atoms with E-state index in [-0.39, 0.29) is 35.2 Å². The van der Waals surface area contributed by atoms with E-state index >= 15 is 0 Å². The van der Waals surface area contributed by atoms with Crippen molar-refractivity contribution < 1.29 is 39.9 Å². The van der Waals surface area contributed by atoms with Crippen LogP contribution in [0.3, 0.4) is 0 Å². The topological polar surface area (TPSA) is 23.6 Å². The Bertz CT molecular complexity index is 1430. The Morgan fingerprint density at radius 1 is 0.900 bits per heavy atom. The first kappa shape index (κ1) is 30.1. The van der Waals surface area contributed by atoms with Crippen molar-refractivity contribution in [3.05, 3.63) is 104 Å². The van der Waals surface area contributed by atoms with Crippen LogP contribution in [-0.4, -0.2) is 41.9 Å². The van der Waals surface area contributed by atoms with Crippen LogP contribution in [-0.2, 0) is 18.9 Å². The molecule has 0 aromatic heterocycles. The number of rotatable bonds is 5. The summed E-state index contributed by atoms with van der Waals surface area (Å²) in [6.07, 6.45) is -9.87. The Morgan fingerprint density at radius 3 is 2.17 bits per heavy atom. The number of likely N-dealkylation sites (N-methyl/N-ethyl adjacent to an activating group) is 1. The fourth-order valence-corrected chi connectivity index (χ4v) is 5.15. The molecular weight excluding hydrogens is 591 g/mol. The lowest BCUT2D eigenvalue weighted by Gasteiger charge is -2.29. The maximum Gasteiger partial charge on any atom is 0.419 e. The van der Waals surface area contributed by atoms with Gasteiger partial charge in [0, 0.05) is 31.6 Å². The van der Waals surface area contributed by atoms with E-state index in [1.165, 1.54) is 11.0 Å². The lowest BCUT2D eigenvalue weighted by Crippen LogP contribution is -2.38. The second-order valence-electron chi connectivity index (χ2n) is 9.45. The standard InChI is InChI=1S/C27H20Cl2F8N2O/c1-38(11-14-5-7-18(22(30)9-14)26(32,33)34)23-13-39(12-17(23)15-6-8-20(28)21(29)10-15)25(40)16-3-2-4-19(24(16)31)27(35,36)37/h2-10,17,23H,11-13H2,1H3. The Hall–Kier alpha value is -2.89. The van der Waals surface area contributed by atoms with Crippen molar-refractivity contribution in [3.63, 3.8) is 0 Å². The zero-order valence-corrected chi connectivity index (χ0v) is 22.1. The van der Waals surface area contributed by atoms with E-state index in [0.717, 1.165) is 24.3 Å². The number of amides is 1. The van der Waals surface area contributed by atoms with E-state index in [1.54, 1.807) is 24.1 Å². The van der Waals surface area contributed by atoms with Crippen LogP contribution < -0.4 is 0 Å². The van der Waals surface area contributed by atoms with Gasteiger partial charge in [-0.25, -0.2) is 8.78 Å². The van der Waals surface area contributed by atoms with Crippen LogP contribution in [0.2, 0.25) is 10.0 Å². The molecular formula is C27H20Cl2F8N2O. The molecule has 0 radical (unpaired) electrons. The lowest BCUT2D eigenvalue weighted by atomic mass is 9.93. The predicted molar refractivity (Wildman–Crippen MR) is 133 cm³/mol. The second kappa shape index (κ2) is 11.2. The smallest absolute Gasteiger partial charge is 0.336 e. The van der Waals surface area contributed by atoms with Gasteiger partial charge >= 0.3 is 12.4 Å². The summed E-state index contributed by atoms with van der Waals surface area (Å²) in [5, 5.41) is 0.464. The van der Waals surface area contributed by atoms with Crippen LogP contribution in [0.15, 0.2) is 54.6 Å². The number of alkyl halides is 6. The van der Waals surface area contributed by atoms with Crippen molar-refractivity contribution in [2.75, 3.05) is 20.1 Å². The van der Waals surface area contributed by atoms with Gasteiger partial charge in [0.15, 0.2) is 0 Å². The highest BCUT2D eigenvalue weighted by atomic mass is 35.5. The average molecular weight is 611 g/mol. The molecule has 0 bridgehead atoms. The molecule has 13 heteroatoms. The monoisotopic (exact) mass is 610 g/mol. The second-order valence-corrected chi connectivity index (χ2v) is 10.3. The summed E-state index contributed by atoms with van der Waals surface area (Å²) >= 11 is 12.2. The van der Waals surface area contributed by atoms with Crippen molar-refractivity contribution in [3.8, 4) is 0 Å². The number of likely N-dealkylation sites (tertiary alicyclic amines) is 1. The largest absolute Gasteiger partial charge is 0.419 e. The highest BCUT2D eigenvalue weighted by Crippen LogP contribution is 2.37.